The van der Waals surface area contributed by atoms with Gasteiger partial charge >= 0.3 is 0 Å². The highest BCUT2D eigenvalue weighted by atomic mass is 32.2. The maximum absolute atomic E-state index is 12.6. The van der Waals surface area contributed by atoms with Crippen LogP contribution in [0.4, 0.5) is 0 Å². The van der Waals surface area contributed by atoms with Crippen molar-refractivity contribution in [3.8, 4) is 0 Å². The number of hydrogen-bond acceptors (Lipinski definition) is 4. The van der Waals surface area contributed by atoms with Gasteiger partial charge in [-0.3, -0.25) is 4.68 Å². The molecule has 2 rings (SSSR count). The summed E-state index contributed by atoms with van der Waals surface area (Å²) in [6.45, 7) is 8.88. The molecule has 1 saturated heterocycles. The lowest BCUT2D eigenvalue weighted by Crippen LogP contribution is -2.48. The third kappa shape index (κ3) is 2.82. The van der Waals surface area contributed by atoms with Crippen molar-refractivity contribution in [1.29, 1.82) is 0 Å². The second kappa shape index (κ2) is 5.22. The molecule has 0 amide bonds. The Kier molecular flexibility index (Phi) is 3.98. The summed E-state index contributed by atoms with van der Waals surface area (Å²) in [6.07, 6.45) is 1.44. The Balaban J connectivity index is 2.33. The summed E-state index contributed by atoms with van der Waals surface area (Å²) in [6, 6.07) is 0. The minimum absolute atomic E-state index is 0.0833. The lowest BCUT2D eigenvalue weighted by atomic mass is 10.3. The number of nitrogens with zero attached hydrogens (tertiary/aromatic N) is 3. The Bertz CT molecular complexity index is 543. The van der Waals surface area contributed by atoms with Gasteiger partial charge in [-0.2, -0.15) is 9.40 Å². The van der Waals surface area contributed by atoms with Gasteiger partial charge in [0, 0.05) is 25.8 Å². The van der Waals surface area contributed by atoms with E-state index in [0.717, 1.165) is 0 Å². The maximum atomic E-state index is 12.6. The Morgan fingerprint density at radius 1 is 1.37 bits per heavy atom. The van der Waals surface area contributed by atoms with Crippen molar-refractivity contribution in [1.82, 2.24) is 14.1 Å². The summed E-state index contributed by atoms with van der Waals surface area (Å²) in [5.74, 6) is 0. The predicted octanol–water partition coefficient (Wildman–Crippen LogP) is 1.01. The number of hydrogen-bond donors (Lipinski definition) is 0. The van der Waals surface area contributed by atoms with Crippen LogP contribution in [0.1, 0.15) is 26.5 Å². The van der Waals surface area contributed by atoms with Crippen molar-refractivity contribution < 1.29 is 13.2 Å². The summed E-state index contributed by atoms with van der Waals surface area (Å²) < 4.78 is 34.0. The molecule has 2 heterocycles. The fraction of sp³-hybridized carbons (Fsp3) is 0.750. The molecular weight excluding hydrogens is 266 g/mol. The van der Waals surface area contributed by atoms with Gasteiger partial charge in [0.15, 0.2) is 0 Å². The zero-order chi connectivity index (χ0) is 14.2. The van der Waals surface area contributed by atoms with Crippen molar-refractivity contribution in [3.63, 3.8) is 0 Å². The third-order valence-electron chi connectivity index (χ3n) is 3.23. The number of aryl methyl sites for hydroxylation is 2. The second-order valence-electron chi connectivity index (χ2n) is 5.01. The summed E-state index contributed by atoms with van der Waals surface area (Å²) in [5, 5.41) is 4.21. The smallest absolute Gasteiger partial charge is 0.246 e. The zero-order valence-electron chi connectivity index (χ0n) is 11.8. The standard InChI is InChI=1S/C12H21N3O3S/c1-5-14-8-12(11(4)13-14)19(16,17)15-6-9(2)18-10(3)7-15/h8-10H,5-7H2,1-4H3. The van der Waals surface area contributed by atoms with Gasteiger partial charge in [0.2, 0.25) is 10.0 Å². The SMILES string of the molecule is CCn1cc(S(=O)(=O)N2CC(C)OC(C)C2)c(C)n1. The van der Waals surface area contributed by atoms with Crippen LogP contribution < -0.4 is 0 Å². The molecule has 2 unspecified atom stereocenters. The van der Waals surface area contributed by atoms with Crippen LogP contribution in [-0.4, -0.2) is 47.8 Å². The Hall–Kier alpha value is -0.920. The van der Waals surface area contributed by atoms with Crippen LogP contribution in [0.25, 0.3) is 0 Å². The average Bonchev–Trinajstić information content (AvgIpc) is 2.70. The first-order valence-electron chi connectivity index (χ1n) is 6.54. The normalized spacial score (nSPS) is 25.7. The molecule has 108 valence electrons. The lowest BCUT2D eigenvalue weighted by Gasteiger charge is -2.34. The molecule has 0 radical (unpaired) electrons. The third-order valence-corrected chi connectivity index (χ3v) is 5.16. The van der Waals surface area contributed by atoms with Crippen LogP contribution in [0.3, 0.4) is 0 Å². The minimum Gasteiger partial charge on any atom is -0.373 e. The molecule has 2 atom stereocenters. The largest absolute Gasteiger partial charge is 0.373 e. The second-order valence-corrected chi connectivity index (χ2v) is 6.92. The van der Waals surface area contributed by atoms with E-state index < -0.39 is 10.0 Å². The van der Waals surface area contributed by atoms with Crippen LogP contribution in [-0.2, 0) is 21.3 Å². The van der Waals surface area contributed by atoms with E-state index in [0.29, 0.717) is 30.2 Å². The van der Waals surface area contributed by atoms with Crippen molar-refractivity contribution in [2.45, 2.75) is 51.3 Å². The van der Waals surface area contributed by atoms with Gasteiger partial charge in [0.1, 0.15) is 4.90 Å². The summed E-state index contributed by atoms with van der Waals surface area (Å²) in [7, 11) is -3.48. The molecular formula is C12H21N3O3S. The molecule has 0 saturated carbocycles. The molecule has 1 aromatic heterocycles. The molecule has 1 aliphatic heterocycles. The topological polar surface area (TPSA) is 64.4 Å². The van der Waals surface area contributed by atoms with Gasteiger partial charge < -0.3 is 4.74 Å². The van der Waals surface area contributed by atoms with Crippen LogP contribution in [0, 0.1) is 6.92 Å². The number of rotatable bonds is 3. The first-order valence-corrected chi connectivity index (χ1v) is 7.98. The van der Waals surface area contributed by atoms with E-state index >= 15 is 0 Å². The van der Waals surface area contributed by atoms with Gasteiger partial charge in [-0.05, 0) is 27.7 Å². The van der Waals surface area contributed by atoms with E-state index in [1.54, 1.807) is 17.8 Å². The van der Waals surface area contributed by atoms with Crippen LogP contribution in [0.5, 0.6) is 0 Å². The quantitative estimate of drug-likeness (QED) is 0.832. The Morgan fingerprint density at radius 2 is 1.95 bits per heavy atom. The highest BCUT2D eigenvalue weighted by Crippen LogP contribution is 2.23. The highest BCUT2D eigenvalue weighted by Gasteiger charge is 2.34. The summed E-state index contributed by atoms with van der Waals surface area (Å²) >= 11 is 0. The molecule has 1 aliphatic rings. The number of morpholine rings is 1. The summed E-state index contributed by atoms with van der Waals surface area (Å²) in [5.41, 5.74) is 0.550. The molecule has 0 spiro atoms. The monoisotopic (exact) mass is 287 g/mol. The molecule has 0 aromatic carbocycles. The van der Waals surface area contributed by atoms with Crippen LogP contribution in [0.2, 0.25) is 0 Å². The van der Waals surface area contributed by atoms with Crippen molar-refractivity contribution in [3.05, 3.63) is 11.9 Å². The number of aromatic nitrogens is 2. The average molecular weight is 287 g/mol. The molecule has 1 fully saturated rings. The van der Waals surface area contributed by atoms with Crippen molar-refractivity contribution >= 4 is 10.0 Å². The molecule has 0 bridgehead atoms. The highest BCUT2D eigenvalue weighted by molar-refractivity contribution is 7.89. The first kappa shape index (κ1) is 14.5. The van der Waals surface area contributed by atoms with Crippen molar-refractivity contribution in [2.75, 3.05) is 13.1 Å². The fourth-order valence-corrected chi connectivity index (χ4v) is 4.14. The van der Waals surface area contributed by atoms with E-state index in [4.69, 9.17) is 4.74 Å². The van der Waals surface area contributed by atoms with E-state index in [9.17, 15) is 8.42 Å². The summed E-state index contributed by atoms with van der Waals surface area (Å²) in [4.78, 5) is 0.302. The van der Waals surface area contributed by atoms with E-state index in [2.05, 4.69) is 5.10 Å². The number of ether oxygens (including phenoxy) is 1. The Morgan fingerprint density at radius 3 is 2.42 bits per heavy atom. The van der Waals surface area contributed by atoms with Gasteiger partial charge in [0.25, 0.3) is 0 Å². The molecule has 0 N–H and O–H groups in total. The van der Waals surface area contributed by atoms with Gasteiger partial charge in [-0.15, -0.1) is 0 Å². The van der Waals surface area contributed by atoms with Gasteiger partial charge in [-0.25, -0.2) is 8.42 Å². The lowest BCUT2D eigenvalue weighted by molar-refractivity contribution is -0.0440. The molecule has 0 aliphatic carbocycles. The van der Waals surface area contributed by atoms with Crippen molar-refractivity contribution in [2.24, 2.45) is 0 Å². The first-order chi connectivity index (χ1) is 8.84. The Labute approximate surface area is 114 Å². The van der Waals surface area contributed by atoms with Crippen LogP contribution in [0.15, 0.2) is 11.1 Å². The van der Waals surface area contributed by atoms with E-state index in [-0.39, 0.29) is 12.2 Å². The zero-order valence-corrected chi connectivity index (χ0v) is 12.6. The molecule has 19 heavy (non-hydrogen) atoms. The predicted molar refractivity (Wildman–Crippen MR) is 71.4 cm³/mol. The van der Waals surface area contributed by atoms with Crippen LogP contribution >= 0.6 is 0 Å². The van der Waals surface area contributed by atoms with Gasteiger partial charge in [0.05, 0.1) is 17.9 Å². The maximum Gasteiger partial charge on any atom is 0.246 e. The number of sulfonamides is 1. The van der Waals surface area contributed by atoms with E-state index in [1.807, 2.05) is 20.8 Å². The molecule has 6 nitrogen and oxygen atoms in total. The molecule has 7 heteroatoms. The fourth-order valence-electron chi connectivity index (χ4n) is 2.38. The molecule has 1 aromatic rings. The van der Waals surface area contributed by atoms with Gasteiger partial charge in [-0.1, -0.05) is 0 Å². The minimum atomic E-state index is -3.48. The van der Waals surface area contributed by atoms with E-state index in [1.165, 1.54) is 4.31 Å².